The quantitative estimate of drug-likeness (QED) is 0.802. The van der Waals surface area contributed by atoms with Gasteiger partial charge in [-0.15, -0.1) is 0 Å². The summed E-state index contributed by atoms with van der Waals surface area (Å²) >= 11 is 0. The zero-order valence-corrected chi connectivity index (χ0v) is 12.0. The van der Waals surface area contributed by atoms with E-state index in [9.17, 15) is 0 Å². The van der Waals surface area contributed by atoms with Gasteiger partial charge in [-0.05, 0) is 43.8 Å². The topological polar surface area (TPSA) is 43.6 Å². The zero-order valence-electron chi connectivity index (χ0n) is 12.0. The predicted molar refractivity (Wildman–Crippen MR) is 78.0 cm³/mol. The summed E-state index contributed by atoms with van der Waals surface area (Å²) in [5, 5.41) is 3.28. The Morgan fingerprint density at radius 2 is 1.70 bits per heavy atom. The van der Waals surface area contributed by atoms with Crippen LogP contribution in [0.1, 0.15) is 25.2 Å². The number of ether oxygens (including phenoxy) is 2. The van der Waals surface area contributed by atoms with Crippen molar-refractivity contribution in [3.05, 3.63) is 47.9 Å². The maximum absolute atomic E-state index is 5.73. The third-order valence-corrected chi connectivity index (χ3v) is 2.91. The van der Waals surface area contributed by atoms with E-state index in [2.05, 4.69) is 12.2 Å². The molecule has 0 fully saturated rings. The summed E-state index contributed by atoms with van der Waals surface area (Å²) in [7, 11) is 0. The predicted octanol–water partition coefficient (Wildman–Crippen LogP) is 3.37. The monoisotopic (exact) mass is 275 g/mol. The molecule has 2 rings (SSSR count). The summed E-state index contributed by atoms with van der Waals surface area (Å²) in [5.74, 6) is 2.52. The molecule has 20 heavy (non-hydrogen) atoms. The van der Waals surface area contributed by atoms with Crippen LogP contribution in [0.5, 0.6) is 11.5 Å². The molecule has 0 bridgehead atoms. The molecule has 0 amide bonds. The number of nitrogens with one attached hydrogen (secondary N) is 1. The lowest BCUT2D eigenvalue weighted by Crippen LogP contribution is -2.12. The van der Waals surface area contributed by atoms with E-state index < -0.39 is 0 Å². The Morgan fingerprint density at radius 1 is 1.00 bits per heavy atom. The minimum atomic E-state index is 0.432. The standard InChI is InChI=1S/C16H21NO3/c1-3-17-11-13-9-10-19-16(13)12-20-15-7-5-14(6-8-15)18-4-2/h5-10,17H,3-4,11-12H2,1-2H3. The highest BCUT2D eigenvalue weighted by atomic mass is 16.5. The second kappa shape index (κ2) is 7.60. The molecule has 1 aromatic carbocycles. The first-order valence-electron chi connectivity index (χ1n) is 6.95. The first-order valence-corrected chi connectivity index (χ1v) is 6.95. The van der Waals surface area contributed by atoms with Crippen LogP contribution < -0.4 is 14.8 Å². The number of hydrogen-bond donors (Lipinski definition) is 1. The van der Waals surface area contributed by atoms with Gasteiger partial charge >= 0.3 is 0 Å². The largest absolute Gasteiger partial charge is 0.494 e. The van der Waals surface area contributed by atoms with Gasteiger partial charge in [0, 0.05) is 12.1 Å². The molecule has 108 valence electrons. The number of furan rings is 1. The van der Waals surface area contributed by atoms with Crippen LogP contribution in [-0.4, -0.2) is 13.2 Å². The first-order chi connectivity index (χ1) is 9.83. The van der Waals surface area contributed by atoms with Gasteiger partial charge in [0.1, 0.15) is 23.9 Å². The molecule has 0 unspecified atom stereocenters. The maximum Gasteiger partial charge on any atom is 0.146 e. The molecule has 1 aromatic heterocycles. The van der Waals surface area contributed by atoms with Crippen molar-refractivity contribution in [1.82, 2.24) is 5.32 Å². The highest BCUT2D eigenvalue weighted by Gasteiger charge is 2.06. The lowest BCUT2D eigenvalue weighted by atomic mass is 10.2. The Labute approximate surface area is 119 Å². The summed E-state index contributed by atoms with van der Waals surface area (Å²) < 4.78 is 16.6. The molecular weight excluding hydrogens is 254 g/mol. The van der Waals surface area contributed by atoms with E-state index in [0.29, 0.717) is 13.2 Å². The highest BCUT2D eigenvalue weighted by Crippen LogP contribution is 2.19. The Kier molecular flexibility index (Phi) is 5.50. The summed E-state index contributed by atoms with van der Waals surface area (Å²) in [6.07, 6.45) is 1.70. The molecule has 1 heterocycles. The Morgan fingerprint density at radius 3 is 2.35 bits per heavy atom. The van der Waals surface area contributed by atoms with E-state index in [1.165, 1.54) is 0 Å². The Balaban J connectivity index is 1.89. The summed E-state index contributed by atoms with van der Waals surface area (Å²) in [6.45, 7) is 6.88. The summed E-state index contributed by atoms with van der Waals surface area (Å²) in [4.78, 5) is 0. The van der Waals surface area contributed by atoms with Crippen molar-refractivity contribution in [2.45, 2.75) is 27.0 Å². The van der Waals surface area contributed by atoms with Crippen molar-refractivity contribution in [1.29, 1.82) is 0 Å². The van der Waals surface area contributed by atoms with Crippen molar-refractivity contribution in [2.24, 2.45) is 0 Å². The smallest absolute Gasteiger partial charge is 0.146 e. The lowest BCUT2D eigenvalue weighted by molar-refractivity contribution is 0.267. The molecule has 4 heteroatoms. The van der Waals surface area contributed by atoms with E-state index in [1.807, 2.05) is 37.3 Å². The van der Waals surface area contributed by atoms with Crippen LogP contribution in [0, 0.1) is 0 Å². The Hall–Kier alpha value is -1.94. The van der Waals surface area contributed by atoms with E-state index in [0.717, 1.165) is 35.9 Å². The van der Waals surface area contributed by atoms with E-state index in [4.69, 9.17) is 13.9 Å². The van der Waals surface area contributed by atoms with Crippen LogP contribution in [0.15, 0.2) is 41.0 Å². The second-order valence-corrected chi connectivity index (χ2v) is 4.34. The molecule has 0 saturated carbocycles. The van der Waals surface area contributed by atoms with Gasteiger partial charge in [0.15, 0.2) is 0 Å². The van der Waals surface area contributed by atoms with Gasteiger partial charge in [-0.1, -0.05) is 6.92 Å². The molecular formula is C16H21NO3. The third-order valence-electron chi connectivity index (χ3n) is 2.91. The maximum atomic E-state index is 5.73. The van der Waals surface area contributed by atoms with Crippen LogP contribution in [0.4, 0.5) is 0 Å². The number of benzene rings is 1. The van der Waals surface area contributed by atoms with E-state index in [1.54, 1.807) is 6.26 Å². The fraction of sp³-hybridized carbons (Fsp3) is 0.375. The second-order valence-electron chi connectivity index (χ2n) is 4.34. The normalized spacial score (nSPS) is 10.5. The molecule has 0 saturated heterocycles. The molecule has 4 nitrogen and oxygen atoms in total. The van der Waals surface area contributed by atoms with E-state index in [-0.39, 0.29) is 0 Å². The number of hydrogen-bond acceptors (Lipinski definition) is 4. The van der Waals surface area contributed by atoms with Gasteiger partial charge in [0.05, 0.1) is 12.9 Å². The van der Waals surface area contributed by atoms with Gasteiger partial charge in [-0.2, -0.15) is 0 Å². The Bertz CT molecular complexity index is 505. The van der Waals surface area contributed by atoms with Crippen LogP contribution in [0.2, 0.25) is 0 Å². The average molecular weight is 275 g/mol. The van der Waals surface area contributed by atoms with Gasteiger partial charge in [0.25, 0.3) is 0 Å². The summed E-state index contributed by atoms with van der Waals surface area (Å²) in [5.41, 5.74) is 1.14. The van der Waals surface area contributed by atoms with Crippen LogP contribution in [-0.2, 0) is 13.2 Å². The van der Waals surface area contributed by atoms with Crippen molar-refractivity contribution >= 4 is 0 Å². The summed E-state index contributed by atoms with van der Waals surface area (Å²) in [6, 6.07) is 9.58. The molecule has 0 spiro atoms. The van der Waals surface area contributed by atoms with Gasteiger partial charge in [-0.25, -0.2) is 0 Å². The molecule has 0 aliphatic carbocycles. The van der Waals surface area contributed by atoms with Crippen LogP contribution in [0.25, 0.3) is 0 Å². The fourth-order valence-electron chi connectivity index (χ4n) is 1.86. The van der Waals surface area contributed by atoms with Gasteiger partial charge in [-0.3, -0.25) is 0 Å². The SMILES string of the molecule is CCNCc1ccoc1COc1ccc(OCC)cc1. The van der Waals surface area contributed by atoms with Crippen LogP contribution in [0.3, 0.4) is 0 Å². The minimum Gasteiger partial charge on any atom is -0.494 e. The van der Waals surface area contributed by atoms with Crippen molar-refractivity contribution in [3.63, 3.8) is 0 Å². The zero-order chi connectivity index (χ0) is 14.2. The number of rotatable bonds is 8. The first kappa shape index (κ1) is 14.5. The molecule has 0 aliphatic heterocycles. The highest BCUT2D eigenvalue weighted by molar-refractivity contribution is 5.31. The molecule has 2 aromatic rings. The van der Waals surface area contributed by atoms with Crippen molar-refractivity contribution in [3.8, 4) is 11.5 Å². The third kappa shape index (κ3) is 4.03. The molecule has 0 aliphatic rings. The van der Waals surface area contributed by atoms with Crippen LogP contribution >= 0.6 is 0 Å². The van der Waals surface area contributed by atoms with Crippen molar-refractivity contribution in [2.75, 3.05) is 13.2 Å². The lowest BCUT2D eigenvalue weighted by Gasteiger charge is -2.08. The van der Waals surface area contributed by atoms with Crippen molar-refractivity contribution < 1.29 is 13.9 Å². The molecule has 1 N–H and O–H groups in total. The van der Waals surface area contributed by atoms with Gasteiger partial charge in [0.2, 0.25) is 0 Å². The molecule has 0 atom stereocenters. The fourth-order valence-corrected chi connectivity index (χ4v) is 1.86. The van der Waals surface area contributed by atoms with E-state index >= 15 is 0 Å². The molecule has 0 radical (unpaired) electrons. The minimum absolute atomic E-state index is 0.432. The van der Waals surface area contributed by atoms with Gasteiger partial charge < -0.3 is 19.2 Å². The average Bonchev–Trinajstić information content (AvgIpc) is 2.92.